The summed E-state index contributed by atoms with van der Waals surface area (Å²) >= 11 is 0. The van der Waals surface area contributed by atoms with Gasteiger partial charge >= 0.3 is 71.6 Å². The molecule has 5 heterocycles. The molecule has 736 valence electrons. The summed E-state index contributed by atoms with van der Waals surface area (Å²) in [6.07, 6.45) is -42.8. The minimum absolute atomic E-state index is 0.0472. The van der Waals surface area contributed by atoms with E-state index in [9.17, 15) is 57.5 Å². The predicted molar refractivity (Wildman–Crippen MR) is 461 cm³/mol. The fourth-order valence-corrected chi connectivity index (χ4v) is 15.8. The van der Waals surface area contributed by atoms with Crippen LogP contribution in [-0.4, -0.2) is 258 Å². The molecule has 5 saturated heterocycles. The van der Waals surface area contributed by atoms with Crippen molar-refractivity contribution < 1.29 is 185 Å². The van der Waals surface area contributed by atoms with Gasteiger partial charge in [0.1, 0.15) is 87.0 Å². The van der Waals surface area contributed by atoms with E-state index in [2.05, 4.69) is 0 Å². The number of rotatable bonds is 44. The maximum Gasteiger partial charge on any atom is 0.303 e. The van der Waals surface area contributed by atoms with E-state index in [0.29, 0.717) is 38.9 Å². The first-order valence-electron chi connectivity index (χ1n) is 44.0. The van der Waals surface area contributed by atoms with Crippen molar-refractivity contribution in [2.45, 2.75) is 283 Å². The third kappa shape index (κ3) is 31.7. The van der Waals surface area contributed by atoms with E-state index in [1.807, 2.05) is 0 Å². The van der Waals surface area contributed by atoms with Gasteiger partial charge in [-0.25, -0.2) is 0 Å². The molecular formula is C97H114O39. The Morgan fingerprint density at radius 1 is 0.184 bits per heavy atom. The van der Waals surface area contributed by atoms with Crippen LogP contribution in [0.4, 0.5) is 0 Å². The molecule has 0 bridgehead atoms. The molecule has 0 radical (unpaired) electrons. The highest BCUT2D eigenvalue weighted by molar-refractivity contribution is 5.71. The number of esters is 12. The highest BCUT2D eigenvalue weighted by Crippen LogP contribution is 2.41. The molecule has 5 aliphatic heterocycles. The summed E-state index contributed by atoms with van der Waals surface area (Å²) in [5.41, 5.74) is 4.05. The SMILES string of the molecule is CC(=O)OCc1ccc(COC2OC(COC3OC(COC4OC(COC5OC(COC(C)=O)C(OCc6ccccc6)C(OC(C)=O)C5OC(C)=O)C(OCc5ccccc5)C(OC(C)=O)C4OC(C)=O)C(OCc4ccccc4)C(OC4OC(COC(C)=O)C(OCc5ccccc5)C(OC(C)=O)C4OC(C)=O)C3OC(C)=O)C(OCc3ccccc3)C(OC(C)=O)C2OC(C)=O)cc1. The van der Waals surface area contributed by atoms with Gasteiger partial charge in [-0.1, -0.05) is 176 Å². The minimum Gasteiger partial charge on any atom is -0.463 e. The van der Waals surface area contributed by atoms with Gasteiger partial charge in [-0.2, -0.15) is 0 Å². The zero-order valence-electron chi connectivity index (χ0n) is 77.1. The van der Waals surface area contributed by atoms with Crippen LogP contribution >= 0.6 is 0 Å². The molecule has 0 N–H and O–H groups in total. The van der Waals surface area contributed by atoms with Gasteiger partial charge in [0, 0.05) is 83.1 Å². The van der Waals surface area contributed by atoms with E-state index < -0.39 is 258 Å². The molecule has 39 nitrogen and oxygen atoms in total. The molecule has 5 fully saturated rings. The van der Waals surface area contributed by atoms with Crippen LogP contribution in [0.15, 0.2) is 176 Å². The Labute approximate surface area is 784 Å². The Bertz CT molecular complexity index is 4860. The number of benzene rings is 6. The normalized spacial score (nSPS) is 28.0. The first-order chi connectivity index (χ1) is 65.3. The molecule has 6 aromatic rings. The molecule has 39 heteroatoms. The number of carbonyl (C=O) groups excluding carboxylic acids is 12. The third-order valence-electron chi connectivity index (χ3n) is 21.4. The zero-order chi connectivity index (χ0) is 97.5. The van der Waals surface area contributed by atoms with Crippen LogP contribution in [0, 0.1) is 0 Å². The molecule has 0 saturated carbocycles. The molecule has 11 rings (SSSR count). The largest absolute Gasteiger partial charge is 0.463 e. The van der Waals surface area contributed by atoms with E-state index in [-0.39, 0.29) is 46.2 Å². The zero-order valence-corrected chi connectivity index (χ0v) is 77.1. The van der Waals surface area contributed by atoms with Gasteiger partial charge in [0.15, 0.2) is 86.4 Å². The molecular weight excluding hydrogens is 1790 g/mol. The summed E-state index contributed by atoms with van der Waals surface area (Å²) in [5.74, 6) is -10.5. The smallest absolute Gasteiger partial charge is 0.303 e. The van der Waals surface area contributed by atoms with Gasteiger partial charge in [0.05, 0.1) is 59.5 Å². The van der Waals surface area contributed by atoms with Gasteiger partial charge < -0.3 is 128 Å². The first kappa shape index (κ1) is 105. The van der Waals surface area contributed by atoms with Crippen molar-refractivity contribution in [2.75, 3.05) is 33.0 Å². The van der Waals surface area contributed by atoms with Gasteiger partial charge in [-0.3, -0.25) is 57.5 Å². The fourth-order valence-electron chi connectivity index (χ4n) is 15.8. The first-order valence-corrected chi connectivity index (χ1v) is 44.0. The second-order valence-electron chi connectivity index (χ2n) is 32.3. The summed E-state index contributed by atoms with van der Waals surface area (Å²) < 4.78 is 174. The van der Waals surface area contributed by atoms with Crippen LogP contribution in [0.1, 0.15) is 122 Å². The Morgan fingerprint density at radius 2 is 0.375 bits per heavy atom. The summed E-state index contributed by atoms with van der Waals surface area (Å²) in [7, 11) is 0. The maximum atomic E-state index is 14.4. The van der Waals surface area contributed by atoms with E-state index >= 15 is 0 Å². The van der Waals surface area contributed by atoms with Crippen LogP contribution in [0.5, 0.6) is 0 Å². The van der Waals surface area contributed by atoms with Gasteiger partial charge in [-0.05, 0) is 38.9 Å². The van der Waals surface area contributed by atoms with Crippen LogP contribution < -0.4 is 0 Å². The molecule has 25 unspecified atom stereocenters. The van der Waals surface area contributed by atoms with Crippen molar-refractivity contribution in [1.29, 1.82) is 0 Å². The van der Waals surface area contributed by atoms with Gasteiger partial charge in [0.25, 0.3) is 0 Å². The minimum atomic E-state index is -2.06. The number of carbonyl (C=O) groups is 12. The molecule has 0 amide bonds. The predicted octanol–water partition coefficient (Wildman–Crippen LogP) is 7.76. The number of hydrogen-bond acceptors (Lipinski definition) is 39. The lowest BCUT2D eigenvalue weighted by molar-refractivity contribution is -0.378. The summed E-state index contributed by atoms with van der Waals surface area (Å²) in [4.78, 5) is 161. The van der Waals surface area contributed by atoms with Gasteiger partial charge in [0.2, 0.25) is 0 Å². The molecule has 0 spiro atoms. The van der Waals surface area contributed by atoms with Gasteiger partial charge in [-0.15, -0.1) is 0 Å². The van der Waals surface area contributed by atoms with Crippen molar-refractivity contribution >= 4 is 71.6 Å². The van der Waals surface area contributed by atoms with E-state index in [4.69, 9.17) is 128 Å². The van der Waals surface area contributed by atoms with Crippen molar-refractivity contribution in [3.8, 4) is 0 Å². The molecule has 25 atom stereocenters. The van der Waals surface area contributed by atoms with Crippen LogP contribution in [0.25, 0.3) is 0 Å². The van der Waals surface area contributed by atoms with Crippen molar-refractivity contribution in [2.24, 2.45) is 0 Å². The third-order valence-corrected chi connectivity index (χ3v) is 21.4. The highest BCUT2D eigenvalue weighted by atomic mass is 16.8. The fraction of sp³-hybridized carbons (Fsp3) is 0.505. The highest BCUT2D eigenvalue weighted by Gasteiger charge is 2.61. The number of hydrogen-bond donors (Lipinski definition) is 0. The van der Waals surface area contributed by atoms with Crippen LogP contribution in [0.3, 0.4) is 0 Å². The van der Waals surface area contributed by atoms with Crippen molar-refractivity contribution in [1.82, 2.24) is 0 Å². The van der Waals surface area contributed by atoms with Crippen LogP contribution in [-0.2, 0) is 232 Å². The maximum absolute atomic E-state index is 14.4. The molecule has 6 aromatic carbocycles. The molecule has 0 aromatic heterocycles. The van der Waals surface area contributed by atoms with E-state index in [0.717, 1.165) is 76.2 Å². The van der Waals surface area contributed by atoms with Crippen molar-refractivity contribution in [3.63, 3.8) is 0 Å². The van der Waals surface area contributed by atoms with E-state index in [1.165, 1.54) is 6.92 Å². The van der Waals surface area contributed by atoms with E-state index in [1.54, 1.807) is 176 Å². The Morgan fingerprint density at radius 3 is 0.625 bits per heavy atom. The molecule has 136 heavy (non-hydrogen) atoms. The van der Waals surface area contributed by atoms with Crippen LogP contribution in [0.2, 0.25) is 0 Å². The second-order valence-corrected chi connectivity index (χ2v) is 32.3. The molecule has 5 aliphatic rings. The molecule has 0 aliphatic carbocycles. The quantitative estimate of drug-likeness (QED) is 0.0260. The Balaban J connectivity index is 1.05. The Kier molecular flexibility index (Phi) is 40.1. The topological polar surface area (TPSA) is 454 Å². The van der Waals surface area contributed by atoms with Crippen molar-refractivity contribution in [3.05, 3.63) is 215 Å². The average Bonchev–Trinajstić information content (AvgIpc) is 0.757. The number of ether oxygens (including phenoxy) is 27. The lowest BCUT2D eigenvalue weighted by atomic mass is 9.95. The summed E-state index contributed by atoms with van der Waals surface area (Å²) in [6.45, 7) is 8.05. The second kappa shape index (κ2) is 52.1. The summed E-state index contributed by atoms with van der Waals surface area (Å²) in [6, 6.07) is 50.2. The average molecular weight is 1900 g/mol. The lowest BCUT2D eigenvalue weighted by Gasteiger charge is -2.50. The lowest BCUT2D eigenvalue weighted by Crippen LogP contribution is -2.68. The standard InChI is InChI=1S/C97H114O39/c1-54(98)110-42-71-38-40-72(41-39-71)48-118-93-88(126-61(8)105)84(123-58(5)102)80(115-45-68-32-22-15-23-33-68)75(132-93)51-121-96-91(129-64(11)108)87(136-97-92(130-65(12)109)86(125-60(7)104)79(74(135-97)50-112-56(3)100)114-44-67-30-20-14-21-31-67)82(117-47-70-36-26-17-27-37-70)77(134-96)53-120-95-90(128-63(10)107)85(124-59(6)103)81(116-46-69-34-24-16-25-35-69)76(133-95)52-119-94-89(127-62(9)106)83(122-57(4)101)78(73(131-94)49-111-55(2)99)113-43-66-28-18-13-19-29-66/h13-41,73-97H,42-53H2,1-12H3. The Hall–Kier alpha value is -11.6. The monoisotopic (exact) mass is 1900 g/mol. The summed E-state index contributed by atoms with van der Waals surface area (Å²) in [5, 5.41) is 0.